The molecule has 146 valence electrons. The minimum absolute atomic E-state index is 0.303. The first kappa shape index (κ1) is 21.7. The molecule has 2 unspecified atom stereocenters. The molecule has 0 saturated carbocycles. The minimum atomic E-state index is -5.58. The van der Waals surface area contributed by atoms with Gasteiger partial charge >= 0.3 is 146 Å². The van der Waals surface area contributed by atoms with Crippen LogP contribution in [0.5, 0.6) is 0 Å². The maximum absolute atomic E-state index is 11.7. The molecule has 1 fully saturated rings. The van der Waals surface area contributed by atoms with Crippen LogP contribution in [0.2, 0.25) is 0 Å². The maximum atomic E-state index is 11.7. The molecular weight excluding hydrogens is 420 g/mol. The molecule has 1 aromatic rings. The standard InChI is InChI=1S/C7H14BN4O11P3/c8-10-7-3-5(12-2-1-9-11-12)6(21-7)4-20-25(16,17)23-26(18,19)22-24(13,14)15/h1-2,5-8H,3-4H2,(H,16,17)(H,18,19)(H2,13,14,15)/t5-,6-,7-/m1/s1. The fraction of sp³-hybridized carbons (Fsp3) is 0.714. The van der Waals surface area contributed by atoms with Crippen molar-refractivity contribution in [3.63, 3.8) is 0 Å². The molecule has 26 heavy (non-hydrogen) atoms. The fourth-order valence-corrected chi connectivity index (χ4v) is 5.15. The Hall–Kier alpha value is -0.625. The summed E-state index contributed by atoms with van der Waals surface area (Å²) in [6, 6.07) is -0.500. The molecule has 1 aliphatic heterocycles. The second kappa shape index (κ2) is 8.17. The molecule has 1 aliphatic rings. The van der Waals surface area contributed by atoms with Gasteiger partial charge in [-0.05, 0) is 0 Å². The fourth-order valence-electron chi connectivity index (χ4n) is 2.12. The van der Waals surface area contributed by atoms with Crippen LogP contribution in [0.3, 0.4) is 0 Å². The Kier molecular flexibility index (Phi) is 6.81. The zero-order chi connectivity index (χ0) is 19.6. The SMILES string of the molecule is B=N[C@H]1C[C@@H](n2ccnn2)[C@@H](COP(=O)(O)OP(=O)(O)OP(=O)(O)O)O1. The van der Waals surface area contributed by atoms with Crippen LogP contribution in [0.1, 0.15) is 12.5 Å². The number of phosphoric acid groups is 3. The summed E-state index contributed by atoms with van der Waals surface area (Å²) in [5.41, 5.74) is 0. The third kappa shape index (κ3) is 6.52. The molecule has 0 radical (unpaired) electrons. The first-order valence-electron chi connectivity index (χ1n) is 6.66. The number of aromatic nitrogens is 3. The van der Waals surface area contributed by atoms with E-state index >= 15 is 0 Å². The van der Waals surface area contributed by atoms with Gasteiger partial charge in [0.1, 0.15) is 0 Å². The Balaban J connectivity index is 2.01. The monoisotopic (exact) mass is 434 g/mol. The topological polar surface area (TPSA) is 212 Å². The summed E-state index contributed by atoms with van der Waals surface area (Å²) in [5.74, 6) is 0. The van der Waals surface area contributed by atoms with E-state index in [1.165, 1.54) is 17.1 Å². The van der Waals surface area contributed by atoms with Crippen LogP contribution in [-0.2, 0) is 31.6 Å². The second-order valence-corrected chi connectivity index (χ2v) is 9.30. The Morgan fingerprint density at radius 3 is 2.46 bits per heavy atom. The molecule has 2 heterocycles. The number of ether oxygens (including phenoxy) is 1. The van der Waals surface area contributed by atoms with Crippen LogP contribution in [0, 0.1) is 0 Å². The van der Waals surface area contributed by atoms with E-state index in [1.807, 2.05) is 0 Å². The van der Waals surface area contributed by atoms with E-state index < -0.39 is 48.4 Å². The van der Waals surface area contributed by atoms with Gasteiger partial charge < -0.3 is 0 Å². The second-order valence-electron chi connectivity index (χ2n) is 4.88. The molecule has 4 N–H and O–H groups in total. The van der Waals surface area contributed by atoms with E-state index in [-0.39, 0.29) is 0 Å². The van der Waals surface area contributed by atoms with Crippen LogP contribution in [-0.4, -0.2) is 61.1 Å². The molecule has 0 spiro atoms. The molecule has 5 atom stereocenters. The third-order valence-corrected chi connectivity index (χ3v) is 6.81. The summed E-state index contributed by atoms with van der Waals surface area (Å²) in [5, 5.41) is 7.40. The van der Waals surface area contributed by atoms with Crippen molar-refractivity contribution < 1.29 is 51.2 Å². The van der Waals surface area contributed by atoms with Gasteiger partial charge in [0, 0.05) is 0 Å². The van der Waals surface area contributed by atoms with Gasteiger partial charge in [0.2, 0.25) is 0 Å². The summed E-state index contributed by atoms with van der Waals surface area (Å²) in [6.45, 7) is -0.611. The quantitative estimate of drug-likeness (QED) is 0.282. The van der Waals surface area contributed by atoms with Gasteiger partial charge in [-0.1, -0.05) is 0 Å². The van der Waals surface area contributed by atoms with E-state index in [9.17, 15) is 18.6 Å². The van der Waals surface area contributed by atoms with Gasteiger partial charge in [-0.25, -0.2) is 0 Å². The van der Waals surface area contributed by atoms with Gasteiger partial charge in [0.25, 0.3) is 0 Å². The van der Waals surface area contributed by atoms with Crippen molar-refractivity contribution in [2.45, 2.75) is 24.8 Å². The van der Waals surface area contributed by atoms with Crippen molar-refractivity contribution in [2.75, 3.05) is 6.61 Å². The van der Waals surface area contributed by atoms with Gasteiger partial charge in [0.15, 0.2) is 0 Å². The zero-order valence-electron chi connectivity index (χ0n) is 12.8. The summed E-state index contributed by atoms with van der Waals surface area (Å²) in [7, 11) is -12.9. The first-order chi connectivity index (χ1) is 11.9. The Morgan fingerprint density at radius 2 is 1.92 bits per heavy atom. The Bertz CT molecular complexity index is 770. The van der Waals surface area contributed by atoms with E-state index in [0.29, 0.717) is 6.42 Å². The van der Waals surface area contributed by atoms with Crippen LogP contribution in [0.15, 0.2) is 17.3 Å². The average molecular weight is 434 g/mol. The molecule has 0 aliphatic carbocycles. The van der Waals surface area contributed by atoms with Crippen LogP contribution < -0.4 is 0 Å². The number of rotatable bonds is 9. The third-order valence-electron chi connectivity index (χ3n) is 3.01. The van der Waals surface area contributed by atoms with Crippen LogP contribution in [0.4, 0.5) is 0 Å². The molecule has 19 heteroatoms. The van der Waals surface area contributed by atoms with Gasteiger partial charge in [-0.15, -0.1) is 0 Å². The number of nitrogens with zero attached hydrogens (tertiary/aromatic N) is 4. The van der Waals surface area contributed by atoms with Crippen LogP contribution >= 0.6 is 23.5 Å². The van der Waals surface area contributed by atoms with E-state index in [2.05, 4.69) is 36.0 Å². The van der Waals surface area contributed by atoms with Crippen molar-refractivity contribution in [2.24, 2.45) is 4.90 Å². The van der Waals surface area contributed by atoms with Crippen LogP contribution in [0.25, 0.3) is 0 Å². The van der Waals surface area contributed by atoms with Gasteiger partial charge in [-0.2, -0.15) is 0 Å². The molecule has 0 bridgehead atoms. The average Bonchev–Trinajstić information content (AvgIpc) is 3.10. The van der Waals surface area contributed by atoms with E-state index in [4.69, 9.17) is 19.4 Å². The summed E-state index contributed by atoms with van der Waals surface area (Å²) < 4.78 is 52.2. The molecule has 0 aromatic carbocycles. The Labute approximate surface area is 146 Å². The predicted molar refractivity (Wildman–Crippen MR) is 81.7 cm³/mol. The van der Waals surface area contributed by atoms with Crippen molar-refractivity contribution in [1.82, 2.24) is 15.0 Å². The number of hydrogen-bond donors (Lipinski definition) is 4. The van der Waals surface area contributed by atoms with Crippen molar-refractivity contribution >= 4 is 31.1 Å². The van der Waals surface area contributed by atoms with Crippen molar-refractivity contribution in [1.29, 1.82) is 0 Å². The Morgan fingerprint density at radius 1 is 1.23 bits per heavy atom. The summed E-state index contributed by atoms with van der Waals surface area (Å²) in [4.78, 5) is 39.2. The summed E-state index contributed by atoms with van der Waals surface area (Å²) >= 11 is 0. The molecular formula is C7H14BN4O11P3. The molecule has 2 rings (SSSR count). The number of phosphoric ester groups is 1. The molecule has 1 aromatic heterocycles. The van der Waals surface area contributed by atoms with Gasteiger partial charge in [0.05, 0.1) is 0 Å². The molecule has 1 saturated heterocycles. The van der Waals surface area contributed by atoms with Crippen molar-refractivity contribution in [3.8, 4) is 0 Å². The van der Waals surface area contributed by atoms with Gasteiger partial charge in [-0.3, -0.25) is 0 Å². The van der Waals surface area contributed by atoms with Crippen molar-refractivity contribution in [3.05, 3.63) is 12.4 Å². The summed E-state index contributed by atoms with van der Waals surface area (Å²) in [6.07, 6.45) is 1.68. The van der Waals surface area contributed by atoms with E-state index in [0.717, 1.165) is 0 Å². The zero-order valence-corrected chi connectivity index (χ0v) is 15.5. The first-order valence-corrected chi connectivity index (χ1v) is 11.2. The number of hydrogen-bond acceptors (Lipinski definition) is 10. The van der Waals surface area contributed by atoms with E-state index in [1.54, 1.807) is 0 Å². The predicted octanol–water partition coefficient (Wildman–Crippen LogP) is -0.638. The molecule has 0 amide bonds. The normalized spacial score (nSPS) is 28.3. The molecule has 15 nitrogen and oxygen atoms in total.